The molecule has 0 N–H and O–H groups in total. The van der Waals surface area contributed by atoms with Crippen molar-refractivity contribution in [3.63, 3.8) is 0 Å². The van der Waals surface area contributed by atoms with Crippen LogP contribution in [0.4, 0.5) is 0 Å². The minimum atomic E-state index is 0.167. The van der Waals surface area contributed by atoms with Crippen LogP contribution in [0.25, 0.3) is 0 Å². The highest BCUT2D eigenvalue weighted by Crippen LogP contribution is 1.65. The fraction of sp³-hybridized carbons (Fsp3) is 0.286. The van der Waals surface area contributed by atoms with Crippen molar-refractivity contribution >= 4 is 5.78 Å². The van der Waals surface area contributed by atoms with Crippen LogP contribution in [0.5, 0.6) is 0 Å². The average molecular weight is 128 g/mol. The Kier molecular flexibility index (Phi) is 12.1. The molecular formula is C7H12O2. The van der Waals surface area contributed by atoms with E-state index in [1.807, 2.05) is 0 Å². The molecule has 0 bridgehead atoms. The molecule has 0 atom stereocenters. The number of hydrogen-bond donors (Lipinski definition) is 0. The summed E-state index contributed by atoms with van der Waals surface area (Å²) >= 11 is 0. The Bertz CT molecular complexity index is 85.1. The zero-order chi connectivity index (χ0) is 7.70. The second kappa shape index (κ2) is 10.0. The second-order valence-electron chi connectivity index (χ2n) is 1.38. The van der Waals surface area contributed by atoms with Crippen molar-refractivity contribution in [3.8, 4) is 0 Å². The molecule has 0 aliphatic heterocycles. The third-order valence-corrected chi connectivity index (χ3v) is 0.192. The van der Waals surface area contributed by atoms with Gasteiger partial charge in [0, 0.05) is 0 Å². The van der Waals surface area contributed by atoms with Gasteiger partial charge in [-0.2, -0.15) is 0 Å². The van der Waals surface area contributed by atoms with Gasteiger partial charge in [0.1, 0.15) is 5.78 Å². The van der Waals surface area contributed by atoms with Gasteiger partial charge in [-0.15, -0.1) is 0 Å². The first kappa shape index (κ1) is 10.8. The molecular weight excluding hydrogens is 116 g/mol. The van der Waals surface area contributed by atoms with Crippen LogP contribution in [0.2, 0.25) is 0 Å². The van der Waals surface area contributed by atoms with Crippen molar-refractivity contribution < 1.29 is 9.53 Å². The minimum Gasteiger partial charge on any atom is -0.474 e. The molecule has 2 heteroatoms. The maximum Gasteiger partial charge on any atom is 0.126 e. The van der Waals surface area contributed by atoms with Crippen LogP contribution in [-0.4, -0.2) is 5.78 Å². The van der Waals surface area contributed by atoms with Crippen molar-refractivity contribution in [2.75, 3.05) is 0 Å². The first-order chi connectivity index (χ1) is 4.15. The molecule has 0 fully saturated rings. The molecule has 0 aliphatic rings. The molecule has 0 spiro atoms. The lowest BCUT2D eigenvalue weighted by Crippen LogP contribution is -1.69. The fourth-order valence-electron chi connectivity index (χ4n) is 0.0680. The molecule has 0 unspecified atom stereocenters. The van der Waals surface area contributed by atoms with Gasteiger partial charge >= 0.3 is 0 Å². The van der Waals surface area contributed by atoms with E-state index in [0.29, 0.717) is 0 Å². The van der Waals surface area contributed by atoms with E-state index in [1.54, 1.807) is 0 Å². The van der Waals surface area contributed by atoms with Crippen LogP contribution in [0.15, 0.2) is 25.7 Å². The van der Waals surface area contributed by atoms with Crippen molar-refractivity contribution in [1.82, 2.24) is 0 Å². The molecule has 0 amide bonds. The topological polar surface area (TPSA) is 26.3 Å². The molecule has 0 aromatic rings. The Balaban J connectivity index is 0. The third-order valence-electron chi connectivity index (χ3n) is 0.192. The number of hydrogen-bond acceptors (Lipinski definition) is 2. The van der Waals surface area contributed by atoms with Gasteiger partial charge in [0.15, 0.2) is 0 Å². The molecule has 2 nitrogen and oxygen atoms in total. The maximum absolute atomic E-state index is 9.44. The molecule has 52 valence electrons. The van der Waals surface area contributed by atoms with Gasteiger partial charge in [-0.05, 0) is 13.8 Å². The largest absolute Gasteiger partial charge is 0.474 e. The van der Waals surface area contributed by atoms with Crippen molar-refractivity contribution in [3.05, 3.63) is 25.7 Å². The highest BCUT2D eigenvalue weighted by molar-refractivity contribution is 5.72. The summed E-state index contributed by atoms with van der Waals surface area (Å²) in [6.07, 6.45) is 2.62. The summed E-state index contributed by atoms with van der Waals surface area (Å²) < 4.78 is 4.36. The number of ether oxygens (including phenoxy) is 1. The summed E-state index contributed by atoms with van der Waals surface area (Å²) in [6, 6.07) is 0. The maximum atomic E-state index is 9.44. The van der Waals surface area contributed by atoms with Gasteiger partial charge in [0.05, 0.1) is 12.5 Å². The number of rotatable bonds is 2. The summed E-state index contributed by atoms with van der Waals surface area (Å²) in [5.74, 6) is 0.167. The van der Waals surface area contributed by atoms with E-state index >= 15 is 0 Å². The summed E-state index contributed by atoms with van der Waals surface area (Å²) in [5.41, 5.74) is 0. The number of carbonyl (C=O) groups excluding carboxylic acids is 1. The van der Waals surface area contributed by atoms with Crippen LogP contribution >= 0.6 is 0 Å². The van der Waals surface area contributed by atoms with E-state index in [2.05, 4.69) is 17.9 Å². The number of carbonyl (C=O) groups is 1. The zero-order valence-electron chi connectivity index (χ0n) is 5.89. The summed E-state index contributed by atoms with van der Waals surface area (Å²) in [7, 11) is 0. The van der Waals surface area contributed by atoms with Crippen LogP contribution in [0.1, 0.15) is 13.8 Å². The van der Waals surface area contributed by atoms with Crippen LogP contribution in [-0.2, 0) is 9.53 Å². The number of ketones is 1. The molecule has 0 saturated heterocycles. The van der Waals surface area contributed by atoms with Gasteiger partial charge < -0.3 is 9.53 Å². The minimum absolute atomic E-state index is 0.167. The van der Waals surface area contributed by atoms with E-state index in [1.165, 1.54) is 26.4 Å². The van der Waals surface area contributed by atoms with E-state index in [9.17, 15) is 4.79 Å². The lowest BCUT2D eigenvalue weighted by Gasteiger charge is -1.76. The van der Waals surface area contributed by atoms with Gasteiger partial charge in [-0.3, -0.25) is 0 Å². The Labute approximate surface area is 55.8 Å². The summed E-state index contributed by atoms with van der Waals surface area (Å²) in [6.45, 7) is 9.57. The van der Waals surface area contributed by atoms with Crippen LogP contribution in [0, 0.1) is 0 Å². The lowest BCUT2D eigenvalue weighted by atomic mass is 10.6. The van der Waals surface area contributed by atoms with Gasteiger partial charge in [0.2, 0.25) is 0 Å². The van der Waals surface area contributed by atoms with E-state index in [0.717, 1.165) is 0 Å². The molecule has 0 radical (unpaired) electrons. The summed E-state index contributed by atoms with van der Waals surface area (Å²) in [4.78, 5) is 9.44. The molecule has 0 aliphatic carbocycles. The molecule has 0 aromatic carbocycles. The van der Waals surface area contributed by atoms with E-state index in [-0.39, 0.29) is 5.78 Å². The second-order valence-corrected chi connectivity index (χ2v) is 1.38. The van der Waals surface area contributed by atoms with Crippen LogP contribution < -0.4 is 0 Å². The first-order valence-electron chi connectivity index (χ1n) is 2.49. The predicted octanol–water partition coefficient (Wildman–Crippen LogP) is 1.89. The third kappa shape index (κ3) is 189. The SMILES string of the molecule is C=COC=C.CC(C)=O. The van der Waals surface area contributed by atoms with Gasteiger partial charge in [-0.1, -0.05) is 13.2 Å². The highest BCUT2D eigenvalue weighted by Gasteiger charge is 1.62. The van der Waals surface area contributed by atoms with E-state index < -0.39 is 0 Å². The van der Waals surface area contributed by atoms with Crippen molar-refractivity contribution in [1.29, 1.82) is 0 Å². The normalized spacial score (nSPS) is 6.00. The molecule has 9 heavy (non-hydrogen) atoms. The predicted molar refractivity (Wildman–Crippen MR) is 37.8 cm³/mol. The molecule has 0 rings (SSSR count). The highest BCUT2D eigenvalue weighted by atomic mass is 16.5. The first-order valence-corrected chi connectivity index (χ1v) is 2.49. The van der Waals surface area contributed by atoms with Crippen molar-refractivity contribution in [2.45, 2.75) is 13.8 Å². The van der Waals surface area contributed by atoms with Gasteiger partial charge in [0.25, 0.3) is 0 Å². The van der Waals surface area contributed by atoms with Crippen LogP contribution in [0.3, 0.4) is 0 Å². The molecule has 0 heterocycles. The summed E-state index contributed by atoms with van der Waals surface area (Å²) in [5, 5.41) is 0. The fourth-order valence-corrected chi connectivity index (χ4v) is 0.0680. The average Bonchev–Trinajstić information content (AvgIpc) is 1.66. The molecule has 0 aromatic heterocycles. The monoisotopic (exact) mass is 128 g/mol. The lowest BCUT2D eigenvalue weighted by molar-refractivity contribution is -0.114. The molecule has 0 saturated carbocycles. The zero-order valence-corrected chi connectivity index (χ0v) is 5.89. The van der Waals surface area contributed by atoms with Gasteiger partial charge in [-0.25, -0.2) is 0 Å². The Hall–Kier alpha value is -1.05. The Morgan fingerprint density at radius 1 is 1.33 bits per heavy atom. The standard InChI is InChI=1S/C4H6O.C3H6O/c1-3-5-4-2;1-3(2)4/h3-4H,1-2H2;1-2H3. The number of Topliss-reactive ketones (excluding diaryl/α,β-unsaturated/α-hetero) is 1. The smallest absolute Gasteiger partial charge is 0.126 e. The Morgan fingerprint density at radius 3 is 1.56 bits per heavy atom. The van der Waals surface area contributed by atoms with E-state index in [4.69, 9.17) is 0 Å². The quantitative estimate of drug-likeness (QED) is 0.531. The van der Waals surface area contributed by atoms with Crippen molar-refractivity contribution in [2.24, 2.45) is 0 Å². The Morgan fingerprint density at radius 2 is 1.56 bits per heavy atom.